The molecule has 2 amide bonds. The summed E-state index contributed by atoms with van der Waals surface area (Å²) in [4.78, 5) is 33.0. The maximum Gasteiger partial charge on any atom is 0.225 e. The number of amides is 2. The highest BCUT2D eigenvalue weighted by Crippen LogP contribution is 2.24. The number of carbonyl (C=O) groups is 2. The molecule has 0 radical (unpaired) electrons. The third-order valence-corrected chi connectivity index (χ3v) is 5.75. The molecule has 2 fully saturated rings. The molecule has 1 aromatic heterocycles. The van der Waals surface area contributed by atoms with E-state index in [9.17, 15) is 9.59 Å². The fourth-order valence-electron chi connectivity index (χ4n) is 3.30. The minimum Gasteiger partial charge on any atom is -0.383 e. The quantitative estimate of drug-likeness (QED) is 0.786. The average molecular weight is 366 g/mol. The molecule has 0 saturated carbocycles. The number of thiazole rings is 1. The van der Waals surface area contributed by atoms with Crippen molar-refractivity contribution in [2.45, 2.75) is 32.2 Å². The van der Waals surface area contributed by atoms with Gasteiger partial charge in [-0.05, 0) is 19.3 Å². The Morgan fingerprint density at radius 3 is 3.00 bits per heavy atom. The second-order valence-corrected chi connectivity index (χ2v) is 7.44. The highest BCUT2D eigenvalue weighted by Gasteiger charge is 2.29. The highest BCUT2D eigenvalue weighted by atomic mass is 32.1. The molecule has 1 aromatic rings. The Hall–Kier alpha value is -1.67. The zero-order chi connectivity index (χ0) is 17.6. The Labute approximate surface area is 152 Å². The summed E-state index contributed by atoms with van der Waals surface area (Å²) >= 11 is 1.64. The first-order chi connectivity index (χ1) is 12.2. The number of rotatable bonds is 7. The Morgan fingerprint density at radius 1 is 1.44 bits per heavy atom. The molecule has 7 nitrogen and oxygen atoms in total. The van der Waals surface area contributed by atoms with Gasteiger partial charge in [-0.2, -0.15) is 0 Å². The molecule has 2 saturated heterocycles. The van der Waals surface area contributed by atoms with Crippen molar-refractivity contribution < 1.29 is 14.3 Å². The van der Waals surface area contributed by atoms with E-state index in [1.165, 1.54) is 12.8 Å². The highest BCUT2D eigenvalue weighted by molar-refractivity contribution is 7.13. The predicted molar refractivity (Wildman–Crippen MR) is 96.6 cm³/mol. The number of hydrogen-bond acceptors (Lipinski definition) is 6. The molecule has 0 aromatic carbocycles. The second-order valence-electron chi connectivity index (χ2n) is 6.60. The van der Waals surface area contributed by atoms with Crippen LogP contribution < -0.4 is 10.2 Å². The van der Waals surface area contributed by atoms with Crippen LogP contribution in [0.25, 0.3) is 0 Å². The van der Waals surface area contributed by atoms with E-state index in [0.717, 1.165) is 23.9 Å². The average Bonchev–Trinajstić information content (AvgIpc) is 3.30. The summed E-state index contributed by atoms with van der Waals surface area (Å²) in [5.41, 5.74) is 0.906. The molecule has 0 bridgehead atoms. The minimum atomic E-state index is -0.147. The maximum absolute atomic E-state index is 12.4. The lowest BCUT2D eigenvalue weighted by Crippen LogP contribution is -2.46. The van der Waals surface area contributed by atoms with Gasteiger partial charge in [-0.15, -0.1) is 11.3 Å². The molecule has 1 atom stereocenters. The van der Waals surface area contributed by atoms with Crippen LogP contribution in [0.3, 0.4) is 0 Å². The fraction of sp³-hybridized carbons (Fsp3) is 0.706. The van der Waals surface area contributed by atoms with Crippen molar-refractivity contribution in [3.05, 3.63) is 11.1 Å². The lowest BCUT2D eigenvalue weighted by atomic mass is 9.96. The number of hydrogen-bond donors (Lipinski definition) is 1. The molecule has 2 aliphatic heterocycles. The van der Waals surface area contributed by atoms with E-state index in [-0.39, 0.29) is 17.7 Å². The number of nitrogens with one attached hydrogen (secondary N) is 1. The first-order valence-electron chi connectivity index (χ1n) is 8.91. The largest absolute Gasteiger partial charge is 0.383 e. The summed E-state index contributed by atoms with van der Waals surface area (Å²) in [5.74, 6) is -0.0345. The topological polar surface area (TPSA) is 74.8 Å². The predicted octanol–water partition coefficient (Wildman–Crippen LogP) is 1.24. The van der Waals surface area contributed by atoms with Crippen molar-refractivity contribution >= 4 is 28.3 Å². The van der Waals surface area contributed by atoms with Gasteiger partial charge in [0, 0.05) is 45.1 Å². The Kier molecular flexibility index (Phi) is 6.25. The van der Waals surface area contributed by atoms with Crippen LogP contribution >= 0.6 is 11.3 Å². The number of ether oxygens (including phenoxy) is 1. The molecule has 0 spiro atoms. The number of aromatic nitrogens is 1. The van der Waals surface area contributed by atoms with E-state index in [1.807, 2.05) is 5.38 Å². The van der Waals surface area contributed by atoms with Crippen molar-refractivity contribution in [3.63, 3.8) is 0 Å². The molecule has 0 unspecified atom stereocenters. The second kappa shape index (κ2) is 8.62. The van der Waals surface area contributed by atoms with E-state index in [4.69, 9.17) is 4.74 Å². The number of anilines is 1. The smallest absolute Gasteiger partial charge is 0.225 e. The summed E-state index contributed by atoms with van der Waals surface area (Å²) in [6.07, 6.45) is 3.50. The monoisotopic (exact) mass is 366 g/mol. The summed E-state index contributed by atoms with van der Waals surface area (Å²) in [7, 11) is 1.61. The summed E-state index contributed by atoms with van der Waals surface area (Å²) < 4.78 is 5.03. The molecule has 25 heavy (non-hydrogen) atoms. The molecule has 0 aliphatic carbocycles. The number of methoxy groups -OCH3 is 1. The first kappa shape index (κ1) is 18.1. The van der Waals surface area contributed by atoms with Gasteiger partial charge in [-0.3, -0.25) is 9.59 Å². The van der Waals surface area contributed by atoms with Gasteiger partial charge < -0.3 is 19.9 Å². The van der Waals surface area contributed by atoms with Gasteiger partial charge in [-0.25, -0.2) is 4.98 Å². The van der Waals surface area contributed by atoms with Crippen molar-refractivity contribution in [2.75, 3.05) is 44.8 Å². The number of nitrogens with zero attached hydrogens (tertiary/aromatic N) is 3. The Balaban J connectivity index is 1.48. The van der Waals surface area contributed by atoms with Crippen LogP contribution in [0.5, 0.6) is 0 Å². The third-order valence-electron chi connectivity index (χ3n) is 4.80. The van der Waals surface area contributed by atoms with Gasteiger partial charge in [0.25, 0.3) is 0 Å². The molecular formula is C17H26N4O3S. The molecule has 138 valence electrons. The van der Waals surface area contributed by atoms with Gasteiger partial charge >= 0.3 is 0 Å². The fourth-order valence-corrected chi connectivity index (χ4v) is 4.18. The number of likely N-dealkylation sites (tertiary alicyclic amines) is 1. The lowest BCUT2D eigenvalue weighted by molar-refractivity contribution is -0.138. The van der Waals surface area contributed by atoms with E-state index < -0.39 is 0 Å². The number of piperidine rings is 1. The van der Waals surface area contributed by atoms with Gasteiger partial charge in [0.1, 0.15) is 0 Å². The third kappa shape index (κ3) is 4.70. The van der Waals surface area contributed by atoms with Crippen LogP contribution in [0.15, 0.2) is 5.38 Å². The van der Waals surface area contributed by atoms with Crippen LogP contribution in [0.4, 0.5) is 5.13 Å². The SMILES string of the molecule is COCCN1C[C@@H](C(=O)NCc2csc(N3CCCC3)n2)CCC1=O. The summed E-state index contributed by atoms with van der Waals surface area (Å²) in [6, 6.07) is 0. The molecule has 8 heteroatoms. The minimum absolute atomic E-state index is 0.00522. The molecule has 1 N–H and O–H groups in total. The van der Waals surface area contributed by atoms with Gasteiger partial charge in [-0.1, -0.05) is 0 Å². The van der Waals surface area contributed by atoms with Gasteiger partial charge in [0.2, 0.25) is 11.8 Å². The van der Waals surface area contributed by atoms with E-state index in [2.05, 4.69) is 15.2 Å². The normalized spacial score (nSPS) is 21.0. The van der Waals surface area contributed by atoms with Crippen molar-refractivity contribution in [2.24, 2.45) is 5.92 Å². The van der Waals surface area contributed by atoms with Crippen LogP contribution in [-0.2, 0) is 20.9 Å². The Bertz CT molecular complexity index is 600. The van der Waals surface area contributed by atoms with E-state index >= 15 is 0 Å². The summed E-state index contributed by atoms with van der Waals surface area (Å²) in [6.45, 7) is 4.12. The zero-order valence-corrected chi connectivity index (χ0v) is 15.5. The van der Waals surface area contributed by atoms with Crippen LogP contribution in [0, 0.1) is 5.92 Å². The summed E-state index contributed by atoms with van der Waals surface area (Å²) in [5, 5.41) is 6.05. The van der Waals surface area contributed by atoms with Crippen molar-refractivity contribution in [3.8, 4) is 0 Å². The van der Waals surface area contributed by atoms with Crippen molar-refractivity contribution in [1.82, 2.24) is 15.2 Å². The molecular weight excluding hydrogens is 340 g/mol. The van der Waals surface area contributed by atoms with Gasteiger partial charge in [0.05, 0.1) is 24.8 Å². The van der Waals surface area contributed by atoms with Crippen LogP contribution in [0.2, 0.25) is 0 Å². The lowest BCUT2D eigenvalue weighted by Gasteiger charge is -2.31. The first-order valence-corrected chi connectivity index (χ1v) is 9.79. The molecule has 2 aliphatic rings. The standard InChI is InChI=1S/C17H26N4O3S/c1-24-9-8-21-11-13(4-5-15(21)22)16(23)18-10-14-12-25-17(19-14)20-6-2-3-7-20/h12-13H,2-11H2,1H3,(H,18,23)/t13-/m0/s1. The van der Waals surface area contributed by atoms with E-state index in [0.29, 0.717) is 39.1 Å². The molecule has 3 rings (SSSR count). The van der Waals surface area contributed by atoms with Crippen LogP contribution in [-0.4, -0.2) is 61.6 Å². The van der Waals surface area contributed by atoms with Crippen LogP contribution in [0.1, 0.15) is 31.4 Å². The maximum atomic E-state index is 12.4. The van der Waals surface area contributed by atoms with Crippen molar-refractivity contribution in [1.29, 1.82) is 0 Å². The Morgan fingerprint density at radius 2 is 2.24 bits per heavy atom. The zero-order valence-electron chi connectivity index (χ0n) is 14.7. The van der Waals surface area contributed by atoms with E-state index in [1.54, 1.807) is 23.3 Å². The number of carbonyl (C=O) groups excluding carboxylic acids is 2. The molecule has 3 heterocycles. The van der Waals surface area contributed by atoms with Gasteiger partial charge in [0.15, 0.2) is 5.13 Å².